The first-order valence-electron chi connectivity index (χ1n) is 7.89. The number of amides is 1. The summed E-state index contributed by atoms with van der Waals surface area (Å²) in [6, 6.07) is 6.75. The van der Waals surface area contributed by atoms with Gasteiger partial charge < -0.3 is 14.9 Å². The third-order valence-electron chi connectivity index (χ3n) is 4.20. The third-order valence-corrected chi connectivity index (χ3v) is 4.20. The number of benzene rings is 1. The van der Waals surface area contributed by atoms with Crippen molar-refractivity contribution in [3.63, 3.8) is 0 Å². The SMILES string of the molecule is CCCCN(C)c1ccc(C(=O)N2CCCC2C(=O)O)cc1. The van der Waals surface area contributed by atoms with Gasteiger partial charge in [-0.15, -0.1) is 0 Å². The summed E-state index contributed by atoms with van der Waals surface area (Å²) in [5, 5.41) is 9.18. The van der Waals surface area contributed by atoms with Gasteiger partial charge in [-0.3, -0.25) is 4.79 Å². The highest BCUT2D eigenvalue weighted by molar-refractivity contribution is 5.97. The van der Waals surface area contributed by atoms with Crippen molar-refractivity contribution in [1.82, 2.24) is 4.90 Å². The molecule has 1 aliphatic heterocycles. The fourth-order valence-corrected chi connectivity index (χ4v) is 2.82. The van der Waals surface area contributed by atoms with Gasteiger partial charge >= 0.3 is 5.97 Å². The van der Waals surface area contributed by atoms with E-state index in [1.165, 1.54) is 4.90 Å². The third kappa shape index (κ3) is 3.59. The summed E-state index contributed by atoms with van der Waals surface area (Å²) in [5.74, 6) is -1.10. The van der Waals surface area contributed by atoms with E-state index in [4.69, 9.17) is 0 Å². The van der Waals surface area contributed by atoms with Gasteiger partial charge in [-0.2, -0.15) is 0 Å². The zero-order chi connectivity index (χ0) is 16.1. The number of likely N-dealkylation sites (tertiary alicyclic amines) is 1. The smallest absolute Gasteiger partial charge is 0.326 e. The summed E-state index contributed by atoms with van der Waals surface area (Å²) < 4.78 is 0. The molecule has 1 fully saturated rings. The van der Waals surface area contributed by atoms with Crippen LogP contribution in [0.15, 0.2) is 24.3 Å². The van der Waals surface area contributed by atoms with Crippen LogP contribution in [0.1, 0.15) is 43.0 Å². The Morgan fingerprint density at radius 2 is 2.00 bits per heavy atom. The Balaban J connectivity index is 2.06. The molecule has 1 aliphatic rings. The summed E-state index contributed by atoms with van der Waals surface area (Å²) >= 11 is 0. The van der Waals surface area contributed by atoms with Crippen molar-refractivity contribution in [1.29, 1.82) is 0 Å². The molecule has 1 amide bonds. The van der Waals surface area contributed by atoms with E-state index in [2.05, 4.69) is 11.8 Å². The fourth-order valence-electron chi connectivity index (χ4n) is 2.82. The number of nitrogens with zero attached hydrogens (tertiary/aromatic N) is 2. The van der Waals surface area contributed by atoms with Crippen molar-refractivity contribution >= 4 is 17.6 Å². The van der Waals surface area contributed by atoms with Crippen molar-refractivity contribution in [2.45, 2.75) is 38.6 Å². The van der Waals surface area contributed by atoms with E-state index in [1.54, 1.807) is 12.1 Å². The average Bonchev–Trinajstić information content (AvgIpc) is 3.02. The topological polar surface area (TPSA) is 60.9 Å². The summed E-state index contributed by atoms with van der Waals surface area (Å²) in [5.41, 5.74) is 1.63. The van der Waals surface area contributed by atoms with Gasteiger partial charge in [-0.25, -0.2) is 4.79 Å². The van der Waals surface area contributed by atoms with E-state index >= 15 is 0 Å². The number of hydrogen-bond acceptors (Lipinski definition) is 3. The molecule has 0 radical (unpaired) electrons. The van der Waals surface area contributed by atoms with Crippen LogP contribution in [0.5, 0.6) is 0 Å². The van der Waals surface area contributed by atoms with Crippen LogP contribution < -0.4 is 4.90 Å². The van der Waals surface area contributed by atoms with Crippen molar-refractivity contribution in [2.75, 3.05) is 25.0 Å². The summed E-state index contributed by atoms with van der Waals surface area (Å²) in [6.45, 7) is 3.66. The van der Waals surface area contributed by atoms with E-state index < -0.39 is 12.0 Å². The number of carbonyl (C=O) groups is 2. The Kier molecular flexibility index (Phi) is 5.41. The quantitative estimate of drug-likeness (QED) is 0.877. The molecule has 5 nitrogen and oxygen atoms in total. The van der Waals surface area contributed by atoms with Gasteiger partial charge in [0.25, 0.3) is 5.91 Å². The van der Waals surface area contributed by atoms with Crippen LogP contribution in [-0.2, 0) is 4.79 Å². The Hall–Kier alpha value is -2.04. The van der Waals surface area contributed by atoms with Gasteiger partial charge in [-0.05, 0) is 43.5 Å². The predicted octanol–water partition coefficient (Wildman–Crippen LogP) is 2.61. The van der Waals surface area contributed by atoms with Gasteiger partial charge in [0, 0.05) is 31.4 Å². The summed E-state index contributed by atoms with van der Waals surface area (Å²) in [4.78, 5) is 27.3. The monoisotopic (exact) mass is 304 g/mol. The predicted molar refractivity (Wildman–Crippen MR) is 86.3 cm³/mol. The molecule has 0 aliphatic carbocycles. The van der Waals surface area contributed by atoms with Crippen LogP contribution in [-0.4, -0.2) is 48.1 Å². The fraction of sp³-hybridized carbons (Fsp3) is 0.529. The normalized spacial score (nSPS) is 17.5. The molecule has 0 bridgehead atoms. The molecule has 1 unspecified atom stereocenters. The zero-order valence-corrected chi connectivity index (χ0v) is 13.3. The van der Waals surface area contributed by atoms with Crippen molar-refractivity contribution in [3.05, 3.63) is 29.8 Å². The minimum absolute atomic E-state index is 0.187. The molecule has 1 aromatic carbocycles. The Bertz CT molecular complexity index is 527. The standard InChI is InChI=1S/C17H24N2O3/c1-3-4-11-18(2)14-9-7-13(8-10-14)16(20)19-12-5-6-15(19)17(21)22/h7-10,15H,3-6,11-12H2,1-2H3,(H,21,22). The molecule has 0 aromatic heterocycles. The van der Waals surface area contributed by atoms with Crippen LogP contribution in [0.4, 0.5) is 5.69 Å². The minimum atomic E-state index is -0.915. The highest BCUT2D eigenvalue weighted by atomic mass is 16.4. The van der Waals surface area contributed by atoms with Crippen LogP contribution >= 0.6 is 0 Å². The molecule has 22 heavy (non-hydrogen) atoms. The number of aliphatic carboxylic acids is 1. The number of rotatable bonds is 6. The highest BCUT2D eigenvalue weighted by Crippen LogP contribution is 2.22. The summed E-state index contributed by atoms with van der Waals surface area (Å²) in [7, 11) is 2.04. The number of unbranched alkanes of at least 4 members (excludes halogenated alkanes) is 1. The van der Waals surface area contributed by atoms with E-state index in [0.29, 0.717) is 18.5 Å². The maximum Gasteiger partial charge on any atom is 0.326 e. The van der Waals surface area contributed by atoms with E-state index in [-0.39, 0.29) is 5.91 Å². The first kappa shape index (κ1) is 16.3. The molecule has 1 saturated heterocycles. The second-order valence-electron chi connectivity index (χ2n) is 5.82. The molecule has 0 spiro atoms. The second-order valence-corrected chi connectivity index (χ2v) is 5.82. The van der Waals surface area contributed by atoms with Crippen LogP contribution in [0.25, 0.3) is 0 Å². The molecule has 1 N–H and O–H groups in total. The molecule has 2 rings (SSSR count). The van der Waals surface area contributed by atoms with Gasteiger partial charge in [0.15, 0.2) is 0 Å². The Morgan fingerprint density at radius 1 is 1.32 bits per heavy atom. The van der Waals surface area contributed by atoms with E-state index in [0.717, 1.165) is 31.5 Å². The zero-order valence-electron chi connectivity index (χ0n) is 13.3. The minimum Gasteiger partial charge on any atom is -0.480 e. The maximum atomic E-state index is 12.5. The molecule has 120 valence electrons. The lowest BCUT2D eigenvalue weighted by Crippen LogP contribution is -2.40. The lowest BCUT2D eigenvalue weighted by Gasteiger charge is -2.22. The number of anilines is 1. The molecule has 5 heteroatoms. The molecular formula is C17H24N2O3. The largest absolute Gasteiger partial charge is 0.480 e. The lowest BCUT2D eigenvalue weighted by atomic mass is 10.1. The Morgan fingerprint density at radius 3 is 2.59 bits per heavy atom. The molecular weight excluding hydrogens is 280 g/mol. The number of carboxylic acid groups (broad SMARTS) is 1. The average molecular weight is 304 g/mol. The van der Waals surface area contributed by atoms with Crippen LogP contribution in [0.2, 0.25) is 0 Å². The molecule has 1 aromatic rings. The Labute approximate surface area is 131 Å². The van der Waals surface area contributed by atoms with Crippen molar-refractivity contribution in [2.24, 2.45) is 0 Å². The maximum absolute atomic E-state index is 12.5. The van der Waals surface area contributed by atoms with Crippen LogP contribution in [0.3, 0.4) is 0 Å². The van der Waals surface area contributed by atoms with Crippen molar-refractivity contribution < 1.29 is 14.7 Å². The highest BCUT2D eigenvalue weighted by Gasteiger charge is 2.34. The second kappa shape index (κ2) is 7.29. The van der Waals surface area contributed by atoms with Gasteiger partial charge in [0.05, 0.1) is 0 Å². The van der Waals surface area contributed by atoms with Crippen molar-refractivity contribution in [3.8, 4) is 0 Å². The first-order chi connectivity index (χ1) is 10.5. The van der Waals surface area contributed by atoms with Gasteiger partial charge in [-0.1, -0.05) is 13.3 Å². The molecule has 1 atom stereocenters. The lowest BCUT2D eigenvalue weighted by molar-refractivity contribution is -0.141. The van der Waals surface area contributed by atoms with Gasteiger partial charge in [0.1, 0.15) is 6.04 Å². The van der Waals surface area contributed by atoms with E-state index in [1.807, 2.05) is 19.2 Å². The summed E-state index contributed by atoms with van der Waals surface area (Å²) in [6.07, 6.45) is 3.57. The molecule has 0 saturated carbocycles. The molecule has 1 heterocycles. The number of carboxylic acids is 1. The van der Waals surface area contributed by atoms with Crippen LogP contribution in [0, 0.1) is 0 Å². The first-order valence-corrected chi connectivity index (χ1v) is 7.89. The number of hydrogen-bond donors (Lipinski definition) is 1. The van der Waals surface area contributed by atoms with E-state index in [9.17, 15) is 14.7 Å². The van der Waals surface area contributed by atoms with Gasteiger partial charge in [0.2, 0.25) is 0 Å². The number of carbonyl (C=O) groups excluding carboxylic acids is 1.